The smallest absolute Gasteiger partial charge is 0.122 e. The Morgan fingerprint density at radius 1 is 1.20 bits per heavy atom. The van der Waals surface area contributed by atoms with Crippen LogP contribution in [0.4, 0.5) is 0 Å². The highest BCUT2D eigenvalue weighted by atomic mass is 16.5. The van der Waals surface area contributed by atoms with Crippen molar-refractivity contribution in [1.82, 2.24) is 5.32 Å². The van der Waals surface area contributed by atoms with E-state index in [-0.39, 0.29) is 0 Å². The average Bonchev–Trinajstić information content (AvgIpc) is 2.46. The van der Waals surface area contributed by atoms with Gasteiger partial charge in [0.15, 0.2) is 0 Å². The van der Waals surface area contributed by atoms with E-state index in [4.69, 9.17) is 4.74 Å². The number of nitrogens with one attached hydrogen (secondary N) is 1. The van der Waals surface area contributed by atoms with Gasteiger partial charge in [-0.1, -0.05) is 44.9 Å². The zero-order valence-electron chi connectivity index (χ0n) is 12.8. The maximum absolute atomic E-state index is 5.76. The van der Waals surface area contributed by atoms with E-state index in [1.54, 1.807) is 0 Å². The minimum atomic E-state index is 0.447. The molecule has 1 aromatic rings. The third kappa shape index (κ3) is 2.85. The molecule has 1 N–H and O–H groups in total. The van der Waals surface area contributed by atoms with Gasteiger partial charge >= 0.3 is 0 Å². The lowest BCUT2D eigenvalue weighted by atomic mass is 9.73. The number of para-hydroxylation sites is 1. The first-order chi connectivity index (χ1) is 9.67. The summed E-state index contributed by atoms with van der Waals surface area (Å²) < 4.78 is 5.76. The molecule has 1 aromatic carbocycles. The first kappa shape index (κ1) is 13.9. The van der Waals surface area contributed by atoms with Gasteiger partial charge in [0.25, 0.3) is 0 Å². The fraction of sp³-hybridized carbons (Fsp3) is 0.667. The lowest BCUT2D eigenvalue weighted by molar-refractivity contribution is 0.162. The lowest BCUT2D eigenvalue weighted by Gasteiger charge is -2.40. The normalized spacial score (nSPS) is 28.5. The van der Waals surface area contributed by atoms with Crippen molar-refractivity contribution in [2.45, 2.75) is 57.9 Å². The molecule has 0 aromatic heterocycles. The van der Waals surface area contributed by atoms with E-state index in [2.05, 4.69) is 43.4 Å². The SMILES string of the molecule is CC1(C)CCCCC1NCC1CCOc2ccccc21. The standard InChI is InChI=1S/C18H27NO/c1-18(2)11-6-5-9-17(18)19-13-14-10-12-20-16-8-4-3-7-15(14)16/h3-4,7-8,14,17,19H,5-6,9-13H2,1-2H3. The molecule has 1 heterocycles. The van der Waals surface area contributed by atoms with Crippen molar-refractivity contribution in [3.8, 4) is 5.75 Å². The van der Waals surface area contributed by atoms with Gasteiger partial charge in [-0.25, -0.2) is 0 Å². The van der Waals surface area contributed by atoms with Gasteiger partial charge < -0.3 is 10.1 Å². The molecule has 0 saturated heterocycles. The molecule has 2 atom stereocenters. The third-order valence-electron chi connectivity index (χ3n) is 5.20. The molecule has 0 bridgehead atoms. The molecule has 1 aliphatic heterocycles. The largest absolute Gasteiger partial charge is 0.493 e. The molecule has 1 saturated carbocycles. The Labute approximate surface area is 122 Å². The van der Waals surface area contributed by atoms with Gasteiger partial charge in [-0.05, 0) is 36.3 Å². The van der Waals surface area contributed by atoms with E-state index in [1.165, 1.54) is 31.2 Å². The number of hydrogen-bond donors (Lipinski definition) is 1. The molecule has 2 aliphatic rings. The molecule has 0 amide bonds. The molecule has 110 valence electrons. The Hall–Kier alpha value is -1.02. The van der Waals surface area contributed by atoms with Crippen LogP contribution in [0.15, 0.2) is 24.3 Å². The van der Waals surface area contributed by atoms with E-state index in [9.17, 15) is 0 Å². The molecule has 2 heteroatoms. The number of fused-ring (bicyclic) bond motifs is 1. The molecule has 0 radical (unpaired) electrons. The second-order valence-corrected chi connectivity index (χ2v) is 7.07. The summed E-state index contributed by atoms with van der Waals surface area (Å²) in [6.07, 6.45) is 6.60. The lowest BCUT2D eigenvalue weighted by Crippen LogP contribution is -2.45. The van der Waals surface area contributed by atoms with Crippen molar-refractivity contribution in [2.24, 2.45) is 5.41 Å². The van der Waals surface area contributed by atoms with E-state index in [0.717, 1.165) is 25.3 Å². The Balaban J connectivity index is 1.64. The minimum Gasteiger partial charge on any atom is -0.493 e. The molecular weight excluding hydrogens is 246 g/mol. The number of ether oxygens (including phenoxy) is 1. The zero-order chi connectivity index (χ0) is 14.0. The third-order valence-corrected chi connectivity index (χ3v) is 5.20. The van der Waals surface area contributed by atoms with Crippen LogP contribution in [0, 0.1) is 5.41 Å². The number of benzene rings is 1. The highest BCUT2D eigenvalue weighted by Gasteiger charge is 2.32. The fourth-order valence-corrected chi connectivity index (χ4v) is 3.78. The van der Waals surface area contributed by atoms with Gasteiger partial charge in [0.2, 0.25) is 0 Å². The van der Waals surface area contributed by atoms with Crippen molar-refractivity contribution in [3.05, 3.63) is 29.8 Å². The van der Waals surface area contributed by atoms with Crippen LogP contribution in [0.2, 0.25) is 0 Å². The first-order valence-electron chi connectivity index (χ1n) is 8.12. The monoisotopic (exact) mass is 273 g/mol. The van der Waals surface area contributed by atoms with Crippen molar-refractivity contribution >= 4 is 0 Å². The van der Waals surface area contributed by atoms with Crippen LogP contribution in [0.1, 0.15) is 57.4 Å². The summed E-state index contributed by atoms with van der Waals surface area (Å²) in [5, 5.41) is 3.87. The summed E-state index contributed by atoms with van der Waals surface area (Å²) in [6, 6.07) is 9.20. The van der Waals surface area contributed by atoms with Crippen LogP contribution in [-0.4, -0.2) is 19.2 Å². The number of hydrogen-bond acceptors (Lipinski definition) is 2. The van der Waals surface area contributed by atoms with E-state index < -0.39 is 0 Å². The second kappa shape index (κ2) is 5.77. The predicted molar refractivity (Wildman–Crippen MR) is 83.3 cm³/mol. The van der Waals surface area contributed by atoms with Crippen molar-refractivity contribution < 1.29 is 4.74 Å². The molecule has 2 nitrogen and oxygen atoms in total. The van der Waals surface area contributed by atoms with Crippen LogP contribution in [-0.2, 0) is 0 Å². The Kier molecular flexibility index (Phi) is 4.02. The summed E-state index contributed by atoms with van der Waals surface area (Å²) in [6.45, 7) is 6.79. The van der Waals surface area contributed by atoms with E-state index in [1.807, 2.05) is 0 Å². The summed E-state index contributed by atoms with van der Waals surface area (Å²) >= 11 is 0. The van der Waals surface area contributed by atoms with Gasteiger partial charge in [0.05, 0.1) is 6.61 Å². The van der Waals surface area contributed by atoms with Gasteiger partial charge in [-0.15, -0.1) is 0 Å². The molecule has 3 rings (SSSR count). The molecule has 1 fully saturated rings. The predicted octanol–water partition coefficient (Wildman–Crippen LogP) is 4.11. The second-order valence-electron chi connectivity index (χ2n) is 7.07. The summed E-state index contributed by atoms with van der Waals surface area (Å²) in [4.78, 5) is 0. The molecule has 20 heavy (non-hydrogen) atoms. The summed E-state index contributed by atoms with van der Waals surface area (Å²) in [7, 11) is 0. The summed E-state index contributed by atoms with van der Waals surface area (Å²) in [5.74, 6) is 1.70. The Morgan fingerprint density at radius 3 is 2.90 bits per heavy atom. The van der Waals surface area contributed by atoms with Crippen LogP contribution in [0.3, 0.4) is 0 Å². The quantitative estimate of drug-likeness (QED) is 0.895. The van der Waals surface area contributed by atoms with Crippen molar-refractivity contribution in [2.75, 3.05) is 13.2 Å². The van der Waals surface area contributed by atoms with E-state index in [0.29, 0.717) is 17.4 Å². The van der Waals surface area contributed by atoms with Crippen LogP contribution >= 0.6 is 0 Å². The first-order valence-corrected chi connectivity index (χ1v) is 8.12. The topological polar surface area (TPSA) is 21.3 Å². The van der Waals surface area contributed by atoms with Crippen molar-refractivity contribution in [3.63, 3.8) is 0 Å². The van der Waals surface area contributed by atoms with Crippen molar-refractivity contribution in [1.29, 1.82) is 0 Å². The molecule has 1 aliphatic carbocycles. The minimum absolute atomic E-state index is 0.447. The highest BCUT2D eigenvalue weighted by Crippen LogP contribution is 2.37. The van der Waals surface area contributed by atoms with Gasteiger partial charge in [-0.3, -0.25) is 0 Å². The van der Waals surface area contributed by atoms with Crippen LogP contribution in [0.5, 0.6) is 5.75 Å². The zero-order valence-corrected chi connectivity index (χ0v) is 12.8. The van der Waals surface area contributed by atoms with Gasteiger partial charge in [-0.2, -0.15) is 0 Å². The maximum Gasteiger partial charge on any atom is 0.122 e. The molecule has 2 unspecified atom stereocenters. The average molecular weight is 273 g/mol. The Bertz CT molecular complexity index is 454. The van der Waals surface area contributed by atoms with Gasteiger partial charge in [0, 0.05) is 18.5 Å². The maximum atomic E-state index is 5.76. The Morgan fingerprint density at radius 2 is 2.05 bits per heavy atom. The number of rotatable bonds is 3. The molecule has 0 spiro atoms. The van der Waals surface area contributed by atoms with Crippen LogP contribution < -0.4 is 10.1 Å². The summed E-state index contributed by atoms with van der Waals surface area (Å²) in [5.41, 5.74) is 1.84. The van der Waals surface area contributed by atoms with E-state index >= 15 is 0 Å². The fourth-order valence-electron chi connectivity index (χ4n) is 3.78. The van der Waals surface area contributed by atoms with Crippen LogP contribution in [0.25, 0.3) is 0 Å². The van der Waals surface area contributed by atoms with Gasteiger partial charge in [0.1, 0.15) is 5.75 Å². The highest BCUT2D eigenvalue weighted by molar-refractivity contribution is 5.37. The molecular formula is C18H27NO.